The molecule has 4 nitrogen and oxygen atoms in total. The van der Waals surface area contributed by atoms with Crippen LogP contribution < -0.4 is 0 Å². The van der Waals surface area contributed by atoms with Crippen LogP contribution in [0.1, 0.15) is 45.4 Å². The summed E-state index contributed by atoms with van der Waals surface area (Å²) in [5.41, 5.74) is 0.00113. The van der Waals surface area contributed by atoms with Gasteiger partial charge in [-0.3, -0.25) is 0 Å². The van der Waals surface area contributed by atoms with E-state index in [0.717, 1.165) is 25.7 Å². The first-order valence-corrected chi connectivity index (χ1v) is 6.14. The summed E-state index contributed by atoms with van der Waals surface area (Å²) in [6.07, 6.45) is 5.69. The van der Waals surface area contributed by atoms with Gasteiger partial charge in [0.25, 0.3) is 0 Å². The molecule has 1 saturated heterocycles. The Labute approximate surface area is 95.9 Å². The molecule has 0 bridgehead atoms. The quantitative estimate of drug-likeness (QED) is 0.802. The Balaban J connectivity index is 1.89. The van der Waals surface area contributed by atoms with Gasteiger partial charge in [0, 0.05) is 13.0 Å². The zero-order valence-electron chi connectivity index (χ0n) is 9.78. The zero-order valence-corrected chi connectivity index (χ0v) is 9.78. The van der Waals surface area contributed by atoms with Crippen LogP contribution in [0.2, 0.25) is 0 Å². The van der Waals surface area contributed by atoms with Crippen molar-refractivity contribution in [2.45, 2.75) is 63.3 Å². The summed E-state index contributed by atoms with van der Waals surface area (Å²) in [6, 6.07) is 0. The molecule has 0 amide bonds. The van der Waals surface area contributed by atoms with Gasteiger partial charge in [-0.15, -0.1) is 0 Å². The van der Waals surface area contributed by atoms with Crippen LogP contribution in [0.4, 0.5) is 0 Å². The molecule has 0 radical (unpaired) electrons. The van der Waals surface area contributed by atoms with Crippen molar-refractivity contribution >= 4 is 5.97 Å². The van der Waals surface area contributed by atoms with Crippen LogP contribution in [0, 0.1) is 0 Å². The molecule has 1 aliphatic carbocycles. The van der Waals surface area contributed by atoms with E-state index >= 15 is 0 Å². The fraction of sp³-hybridized carbons (Fsp3) is 0.917. The zero-order chi connectivity index (χ0) is 11.6. The maximum atomic E-state index is 10.7. The lowest BCUT2D eigenvalue weighted by Gasteiger charge is -2.38. The van der Waals surface area contributed by atoms with Crippen molar-refractivity contribution in [3.8, 4) is 0 Å². The molecule has 0 aromatic heterocycles. The molecular weight excluding hydrogens is 208 g/mol. The van der Waals surface area contributed by atoms with Crippen LogP contribution in [0.5, 0.6) is 0 Å². The highest BCUT2D eigenvalue weighted by Gasteiger charge is 2.40. The van der Waals surface area contributed by atoms with Gasteiger partial charge in [-0.1, -0.05) is 12.8 Å². The van der Waals surface area contributed by atoms with Gasteiger partial charge in [0.15, 0.2) is 6.10 Å². The lowest BCUT2D eigenvalue weighted by atomic mass is 9.90. The van der Waals surface area contributed by atoms with Crippen LogP contribution in [0.3, 0.4) is 0 Å². The predicted octanol–water partition coefficient (Wildman–Crippen LogP) is 1.97. The van der Waals surface area contributed by atoms with Gasteiger partial charge < -0.3 is 14.6 Å². The number of hydrogen-bond donors (Lipinski definition) is 1. The molecule has 1 aliphatic heterocycles. The largest absolute Gasteiger partial charge is 0.479 e. The van der Waals surface area contributed by atoms with Crippen molar-refractivity contribution in [2.75, 3.05) is 6.61 Å². The summed E-state index contributed by atoms with van der Waals surface area (Å²) in [7, 11) is 0. The average Bonchev–Trinajstić information content (AvgIpc) is 2.66. The molecule has 1 heterocycles. The highest BCUT2D eigenvalue weighted by Crippen LogP contribution is 2.40. The Kier molecular flexibility index (Phi) is 3.50. The third-order valence-corrected chi connectivity index (χ3v) is 3.71. The topological polar surface area (TPSA) is 55.8 Å². The first-order chi connectivity index (χ1) is 7.61. The maximum absolute atomic E-state index is 10.7. The van der Waals surface area contributed by atoms with Crippen LogP contribution in [-0.4, -0.2) is 35.5 Å². The van der Waals surface area contributed by atoms with Gasteiger partial charge in [-0.2, -0.15) is 0 Å². The molecule has 1 saturated carbocycles. The van der Waals surface area contributed by atoms with E-state index in [2.05, 4.69) is 0 Å². The number of carboxylic acid groups (broad SMARTS) is 1. The van der Waals surface area contributed by atoms with E-state index in [1.54, 1.807) is 6.92 Å². The monoisotopic (exact) mass is 228 g/mol. The molecule has 2 atom stereocenters. The van der Waals surface area contributed by atoms with Gasteiger partial charge in [-0.25, -0.2) is 4.79 Å². The van der Waals surface area contributed by atoms with Crippen molar-refractivity contribution in [3.05, 3.63) is 0 Å². The summed E-state index contributed by atoms with van der Waals surface area (Å²) < 4.78 is 11.4. The van der Waals surface area contributed by atoms with E-state index < -0.39 is 12.1 Å². The second-order valence-electron chi connectivity index (χ2n) is 4.97. The molecule has 16 heavy (non-hydrogen) atoms. The lowest BCUT2D eigenvalue weighted by molar-refractivity contribution is -0.168. The van der Waals surface area contributed by atoms with E-state index in [-0.39, 0.29) is 11.7 Å². The third kappa shape index (κ3) is 2.55. The minimum Gasteiger partial charge on any atom is -0.479 e. The second-order valence-corrected chi connectivity index (χ2v) is 4.97. The Hall–Kier alpha value is -0.610. The Morgan fingerprint density at radius 3 is 2.81 bits per heavy atom. The molecule has 0 aromatic rings. The standard InChI is InChI=1S/C12H20O4/c1-9(11(13)14)16-10-4-7-15-12(8-10)5-2-3-6-12/h9-10H,2-8H2,1H3,(H,13,14). The molecule has 2 rings (SSSR count). The Morgan fingerprint density at radius 2 is 2.19 bits per heavy atom. The SMILES string of the molecule is CC(OC1CCOC2(CCCC2)C1)C(=O)O. The third-order valence-electron chi connectivity index (χ3n) is 3.71. The van der Waals surface area contributed by atoms with Crippen molar-refractivity contribution < 1.29 is 19.4 Å². The van der Waals surface area contributed by atoms with E-state index in [4.69, 9.17) is 14.6 Å². The summed E-state index contributed by atoms with van der Waals surface area (Å²) in [4.78, 5) is 10.7. The Morgan fingerprint density at radius 1 is 1.50 bits per heavy atom. The fourth-order valence-electron chi connectivity index (χ4n) is 2.81. The van der Waals surface area contributed by atoms with Gasteiger partial charge in [0.2, 0.25) is 0 Å². The van der Waals surface area contributed by atoms with Crippen LogP contribution in [-0.2, 0) is 14.3 Å². The van der Waals surface area contributed by atoms with Gasteiger partial charge >= 0.3 is 5.97 Å². The van der Waals surface area contributed by atoms with Crippen molar-refractivity contribution in [1.29, 1.82) is 0 Å². The molecule has 92 valence electrons. The van der Waals surface area contributed by atoms with Crippen molar-refractivity contribution in [1.82, 2.24) is 0 Å². The molecule has 1 N–H and O–H groups in total. The first-order valence-electron chi connectivity index (χ1n) is 6.14. The van der Waals surface area contributed by atoms with Gasteiger partial charge in [0.05, 0.1) is 11.7 Å². The van der Waals surface area contributed by atoms with Crippen LogP contribution in [0.15, 0.2) is 0 Å². The number of rotatable bonds is 3. The summed E-state index contributed by atoms with van der Waals surface area (Å²) in [5, 5.41) is 8.81. The summed E-state index contributed by atoms with van der Waals surface area (Å²) in [6.45, 7) is 2.30. The smallest absolute Gasteiger partial charge is 0.332 e. The highest BCUT2D eigenvalue weighted by atomic mass is 16.5. The number of carbonyl (C=O) groups is 1. The van der Waals surface area contributed by atoms with Crippen molar-refractivity contribution in [3.63, 3.8) is 0 Å². The van der Waals surface area contributed by atoms with Crippen LogP contribution in [0.25, 0.3) is 0 Å². The Bertz CT molecular complexity index is 258. The second kappa shape index (κ2) is 4.72. The van der Waals surface area contributed by atoms with E-state index in [0.29, 0.717) is 6.61 Å². The first kappa shape index (κ1) is 11.9. The van der Waals surface area contributed by atoms with Crippen molar-refractivity contribution in [2.24, 2.45) is 0 Å². The van der Waals surface area contributed by atoms with E-state index in [9.17, 15) is 4.79 Å². The van der Waals surface area contributed by atoms with E-state index in [1.807, 2.05) is 0 Å². The minimum atomic E-state index is -0.882. The summed E-state index contributed by atoms with van der Waals surface area (Å²) in [5.74, 6) is -0.882. The minimum absolute atomic E-state index is 0.00113. The molecule has 2 aliphatic rings. The number of hydrogen-bond acceptors (Lipinski definition) is 3. The molecule has 4 heteroatoms. The highest BCUT2D eigenvalue weighted by molar-refractivity contribution is 5.71. The normalized spacial score (nSPS) is 30.4. The average molecular weight is 228 g/mol. The predicted molar refractivity (Wildman–Crippen MR) is 58.4 cm³/mol. The van der Waals surface area contributed by atoms with Crippen LogP contribution >= 0.6 is 0 Å². The number of carboxylic acids is 1. The van der Waals surface area contributed by atoms with E-state index in [1.165, 1.54) is 12.8 Å². The maximum Gasteiger partial charge on any atom is 0.332 e. The number of ether oxygens (including phenoxy) is 2. The lowest BCUT2D eigenvalue weighted by Crippen LogP contribution is -2.42. The molecule has 2 fully saturated rings. The molecule has 0 aromatic carbocycles. The summed E-state index contributed by atoms with van der Waals surface area (Å²) >= 11 is 0. The molecule has 2 unspecified atom stereocenters. The van der Waals surface area contributed by atoms with Gasteiger partial charge in [-0.05, 0) is 26.2 Å². The molecular formula is C12H20O4. The number of aliphatic carboxylic acids is 1. The van der Waals surface area contributed by atoms with Gasteiger partial charge in [0.1, 0.15) is 0 Å². The molecule has 1 spiro atoms. The fourth-order valence-corrected chi connectivity index (χ4v) is 2.81.